The lowest BCUT2D eigenvalue weighted by Gasteiger charge is -2.34. The SMILES string of the molecule is COc1ccccc1CCNC(=O)C1(OC)CCNCC1. The summed E-state index contributed by atoms with van der Waals surface area (Å²) >= 11 is 0. The van der Waals surface area contributed by atoms with Crippen LogP contribution in [0.2, 0.25) is 0 Å². The Morgan fingerprint density at radius 1 is 1.29 bits per heavy atom. The molecule has 0 bridgehead atoms. The minimum atomic E-state index is -0.675. The number of methoxy groups -OCH3 is 2. The first kappa shape index (κ1) is 15.8. The molecule has 5 heteroatoms. The normalized spacial score (nSPS) is 17.2. The Bertz CT molecular complexity index is 470. The number of carbonyl (C=O) groups excluding carboxylic acids is 1. The van der Waals surface area contributed by atoms with Gasteiger partial charge in [-0.05, 0) is 44.0 Å². The molecule has 0 radical (unpaired) electrons. The highest BCUT2D eigenvalue weighted by atomic mass is 16.5. The van der Waals surface area contributed by atoms with E-state index in [2.05, 4.69) is 10.6 Å². The first-order valence-electron chi connectivity index (χ1n) is 7.38. The lowest BCUT2D eigenvalue weighted by Crippen LogP contribution is -2.54. The van der Waals surface area contributed by atoms with Gasteiger partial charge in [-0.25, -0.2) is 0 Å². The molecular weight excluding hydrogens is 268 g/mol. The van der Waals surface area contributed by atoms with Gasteiger partial charge in [-0.1, -0.05) is 18.2 Å². The van der Waals surface area contributed by atoms with Crippen LogP contribution in [0.15, 0.2) is 24.3 Å². The molecule has 0 aromatic heterocycles. The number of hydrogen-bond donors (Lipinski definition) is 2. The van der Waals surface area contributed by atoms with E-state index in [-0.39, 0.29) is 5.91 Å². The van der Waals surface area contributed by atoms with Gasteiger partial charge in [-0.2, -0.15) is 0 Å². The summed E-state index contributed by atoms with van der Waals surface area (Å²) in [6.07, 6.45) is 2.17. The van der Waals surface area contributed by atoms with Crippen molar-refractivity contribution in [3.63, 3.8) is 0 Å². The minimum absolute atomic E-state index is 0.0126. The molecule has 1 saturated heterocycles. The average molecular weight is 292 g/mol. The van der Waals surface area contributed by atoms with E-state index in [0.717, 1.165) is 30.8 Å². The number of benzene rings is 1. The van der Waals surface area contributed by atoms with Crippen LogP contribution in [0.1, 0.15) is 18.4 Å². The quantitative estimate of drug-likeness (QED) is 0.825. The van der Waals surface area contributed by atoms with Crippen molar-refractivity contribution >= 4 is 5.91 Å². The molecular formula is C16H24N2O3. The van der Waals surface area contributed by atoms with Crippen LogP contribution in [0.4, 0.5) is 0 Å². The maximum Gasteiger partial charge on any atom is 0.252 e. The Morgan fingerprint density at radius 2 is 2.00 bits per heavy atom. The van der Waals surface area contributed by atoms with Gasteiger partial charge < -0.3 is 20.1 Å². The van der Waals surface area contributed by atoms with Crippen molar-refractivity contribution in [2.75, 3.05) is 33.9 Å². The molecule has 116 valence electrons. The molecule has 2 N–H and O–H groups in total. The van der Waals surface area contributed by atoms with E-state index in [0.29, 0.717) is 19.4 Å². The van der Waals surface area contributed by atoms with Gasteiger partial charge in [0.1, 0.15) is 11.4 Å². The molecule has 1 amide bonds. The van der Waals surface area contributed by atoms with Crippen LogP contribution in [0.3, 0.4) is 0 Å². The molecule has 0 saturated carbocycles. The first-order valence-corrected chi connectivity index (χ1v) is 7.38. The van der Waals surface area contributed by atoms with Gasteiger partial charge in [0.25, 0.3) is 5.91 Å². The van der Waals surface area contributed by atoms with Crippen LogP contribution < -0.4 is 15.4 Å². The van der Waals surface area contributed by atoms with Gasteiger partial charge in [-0.15, -0.1) is 0 Å². The van der Waals surface area contributed by atoms with Crippen LogP contribution in [0, 0.1) is 0 Å². The second-order valence-electron chi connectivity index (χ2n) is 5.27. The Morgan fingerprint density at radius 3 is 2.67 bits per heavy atom. The third-order valence-electron chi connectivity index (χ3n) is 4.09. The number of rotatable bonds is 6. The zero-order valence-electron chi connectivity index (χ0n) is 12.8. The van der Waals surface area contributed by atoms with Crippen LogP contribution >= 0.6 is 0 Å². The third-order valence-corrected chi connectivity index (χ3v) is 4.09. The van der Waals surface area contributed by atoms with Gasteiger partial charge in [0.05, 0.1) is 7.11 Å². The molecule has 0 atom stereocenters. The van der Waals surface area contributed by atoms with E-state index in [4.69, 9.17) is 9.47 Å². The van der Waals surface area contributed by atoms with Crippen LogP contribution in [0.5, 0.6) is 5.75 Å². The number of carbonyl (C=O) groups is 1. The summed E-state index contributed by atoms with van der Waals surface area (Å²) in [6.45, 7) is 2.21. The van der Waals surface area contributed by atoms with Crippen LogP contribution in [-0.4, -0.2) is 45.4 Å². The number of ether oxygens (including phenoxy) is 2. The zero-order chi connectivity index (χ0) is 15.1. The predicted octanol–water partition coefficient (Wildman–Crippen LogP) is 1.12. The van der Waals surface area contributed by atoms with E-state index in [1.165, 1.54) is 0 Å². The van der Waals surface area contributed by atoms with Gasteiger partial charge in [0.2, 0.25) is 0 Å². The molecule has 0 aliphatic carbocycles. The number of nitrogens with one attached hydrogen (secondary N) is 2. The Kier molecular flexibility index (Phi) is 5.59. The summed E-state index contributed by atoms with van der Waals surface area (Å²) in [5.41, 5.74) is 0.420. The van der Waals surface area contributed by atoms with Crippen LogP contribution in [0.25, 0.3) is 0 Å². The fraction of sp³-hybridized carbons (Fsp3) is 0.562. The lowest BCUT2D eigenvalue weighted by molar-refractivity contribution is -0.146. The molecule has 1 aliphatic rings. The van der Waals surface area contributed by atoms with E-state index in [9.17, 15) is 4.79 Å². The average Bonchev–Trinajstić information content (AvgIpc) is 2.55. The second-order valence-corrected chi connectivity index (χ2v) is 5.27. The van der Waals surface area contributed by atoms with Crippen molar-refractivity contribution in [3.05, 3.63) is 29.8 Å². The van der Waals surface area contributed by atoms with Crippen molar-refractivity contribution in [2.24, 2.45) is 0 Å². The molecule has 0 unspecified atom stereocenters. The molecule has 0 spiro atoms. The summed E-state index contributed by atoms with van der Waals surface area (Å²) in [5, 5.41) is 6.25. The number of piperidine rings is 1. The summed E-state index contributed by atoms with van der Waals surface area (Å²) in [5.74, 6) is 0.844. The van der Waals surface area contributed by atoms with E-state index in [1.807, 2.05) is 24.3 Å². The highest BCUT2D eigenvalue weighted by Gasteiger charge is 2.39. The van der Waals surface area contributed by atoms with Crippen molar-refractivity contribution in [1.29, 1.82) is 0 Å². The number of para-hydroxylation sites is 1. The van der Waals surface area contributed by atoms with E-state index in [1.54, 1.807) is 14.2 Å². The van der Waals surface area contributed by atoms with Crippen molar-refractivity contribution < 1.29 is 14.3 Å². The molecule has 2 rings (SSSR count). The molecule has 21 heavy (non-hydrogen) atoms. The smallest absolute Gasteiger partial charge is 0.252 e. The zero-order valence-corrected chi connectivity index (χ0v) is 12.8. The maximum atomic E-state index is 12.4. The lowest BCUT2D eigenvalue weighted by atomic mass is 9.91. The monoisotopic (exact) mass is 292 g/mol. The van der Waals surface area contributed by atoms with E-state index >= 15 is 0 Å². The Hall–Kier alpha value is -1.59. The van der Waals surface area contributed by atoms with Crippen molar-refractivity contribution in [2.45, 2.75) is 24.9 Å². The second kappa shape index (κ2) is 7.43. The van der Waals surface area contributed by atoms with Gasteiger partial charge in [-0.3, -0.25) is 4.79 Å². The third kappa shape index (κ3) is 3.74. The highest BCUT2D eigenvalue weighted by molar-refractivity contribution is 5.85. The standard InChI is InChI=1S/C16H24N2O3/c1-20-14-6-4-3-5-13(14)7-10-18-15(19)16(21-2)8-11-17-12-9-16/h3-6,17H,7-12H2,1-2H3,(H,18,19). The first-order chi connectivity index (χ1) is 10.2. The van der Waals surface area contributed by atoms with E-state index < -0.39 is 5.60 Å². The molecule has 1 fully saturated rings. The maximum absolute atomic E-state index is 12.4. The number of amides is 1. The molecule has 1 aliphatic heterocycles. The van der Waals surface area contributed by atoms with Gasteiger partial charge >= 0.3 is 0 Å². The van der Waals surface area contributed by atoms with Crippen molar-refractivity contribution in [3.8, 4) is 5.75 Å². The topological polar surface area (TPSA) is 59.6 Å². The largest absolute Gasteiger partial charge is 0.496 e. The Balaban J connectivity index is 1.89. The Labute approximate surface area is 126 Å². The number of hydrogen-bond acceptors (Lipinski definition) is 4. The summed E-state index contributed by atoms with van der Waals surface area (Å²) < 4.78 is 10.8. The molecule has 5 nitrogen and oxygen atoms in total. The predicted molar refractivity (Wildman–Crippen MR) is 81.6 cm³/mol. The summed E-state index contributed by atoms with van der Waals surface area (Å²) in [7, 11) is 3.28. The van der Waals surface area contributed by atoms with Gasteiger partial charge in [0.15, 0.2) is 0 Å². The fourth-order valence-electron chi connectivity index (χ4n) is 2.74. The molecule has 1 heterocycles. The van der Waals surface area contributed by atoms with Crippen molar-refractivity contribution in [1.82, 2.24) is 10.6 Å². The van der Waals surface area contributed by atoms with Crippen LogP contribution in [-0.2, 0) is 16.0 Å². The highest BCUT2D eigenvalue weighted by Crippen LogP contribution is 2.23. The summed E-state index contributed by atoms with van der Waals surface area (Å²) in [4.78, 5) is 12.4. The minimum Gasteiger partial charge on any atom is -0.496 e. The summed E-state index contributed by atoms with van der Waals surface area (Å²) in [6, 6.07) is 7.86. The van der Waals surface area contributed by atoms with Gasteiger partial charge in [0, 0.05) is 13.7 Å². The fourth-order valence-corrected chi connectivity index (χ4v) is 2.74. The molecule has 1 aromatic rings. The molecule has 1 aromatic carbocycles.